The molecule has 3 heterocycles. The van der Waals surface area contributed by atoms with Crippen LogP contribution in [-0.4, -0.2) is 28.4 Å². The molecule has 5 heteroatoms. The van der Waals surface area contributed by atoms with Crippen LogP contribution in [0.25, 0.3) is 6.08 Å². The van der Waals surface area contributed by atoms with Crippen molar-refractivity contribution in [3.8, 4) is 11.5 Å². The van der Waals surface area contributed by atoms with Gasteiger partial charge in [0, 0.05) is 24.9 Å². The molecule has 144 valence electrons. The first kappa shape index (κ1) is 17.4. The minimum atomic E-state index is -0.0734. The van der Waals surface area contributed by atoms with Gasteiger partial charge >= 0.3 is 0 Å². The normalized spacial score (nSPS) is 21.2. The molecule has 0 unspecified atom stereocenters. The van der Waals surface area contributed by atoms with Crippen LogP contribution in [-0.2, 0) is 6.54 Å². The molecule has 2 aromatic rings. The summed E-state index contributed by atoms with van der Waals surface area (Å²) in [6.45, 7) is 3.33. The third kappa shape index (κ3) is 3.00. The largest absolute Gasteiger partial charge is 0.478 e. The predicted octanol–water partition coefficient (Wildman–Crippen LogP) is 4.49. The van der Waals surface area contributed by atoms with Gasteiger partial charge in [-0.2, -0.15) is 0 Å². The molecule has 3 aliphatic rings. The lowest BCUT2D eigenvalue weighted by atomic mass is 9.93. The Labute approximate surface area is 165 Å². The van der Waals surface area contributed by atoms with Gasteiger partial charge in [-0.1, -0.05) is 25.3 Å². The van der Waals surface area contributed by atoms with Crippen LogP contribution in [0.1, 0.15) is 59.3 Å². The summed E-state index contributed by atoms with van der Waals surface area (Å²) in [5.74, 6) is 1.77. The van der Waals surface area contributed by atoms with Crippen LogP contribution < -0.4 is 9.47 Å². The van der Waals surface area contributed by atoms with Gasteiger partial charge < -0.3 is 9.47 Å². The molecule has 0 saturated heterocycles. The van der Waals surface area contributed by atoms with E-state index >= 15 is 0 Å². The van der Waals surface area contributed by atoms with Gasteiger partial charge in [0.25, 0.3) is 0 Å². The van der Waals surface area contributed by atoms with Gasteiger partial charge in [-0.25, -0.2) is 0 Å². The van der Waals surface area contributed by atoms with E-state index in [9.17, 15) is 4.79 Å². The number of carbonyl (C=O) groups excluding carboxylic acids is 1. The molecule has 28 heavy (non-hydrogen) atoms. The van der Waals surface area contributed by atoms with Crippen molar-refractivity contribution in [2.45, 2.75) is 51.6 Å². The fourth-order valence-electron chi connectivity index (χ4n) is 4.52. The van der Waals surface area contributed by atoms with Gasteiger partial charge in [0.2, 0.25) is 5.78 Å². The number of rotatable bonds is 2. The van der Waals surface area contributed by atoms with E-state index in [2.05, 4.69) is 9.88 Å². The molecule has 0 bridgehead atoms. The second kappa shape index (κ2) is 7.06. The lowest BCUT2D eigenvalue weighted by Gasteiger charge is -2.37. The highest BCUT2D eigenvalue weighted by atomic mass is 16.5. The zero-order chi connectivity index (χ0) is 19.1. The standard InChI is InChI=1S/C23H24N2O3/c1-15-11-19-18(13-25(14-27-19)17-8-3-2-4-9-17)23-21(15)22(26)20(28-23)12-16-7-5-6-10-24-16/h5-7,10-12,17H,2-4,8-9,13-14H2,1H3/b20-12-. The number of aromatic nitrogens is 1. The molecule has 1 aromatic heterocycles. The SMILES string of the molecule is Cc1cc2c(c3c1C(=O)/C(=C/c1ccccn1)O3)CN(C1CCCCC1)CO2. The Morgan fingerprint density at radius 2 is 2.07 bits per heavy atom. The molecule has 0 atom stereocenters. The first-order valence-corrected chi connectivity index (χ1v) is 10.1. The van der Waals surface area contributed by atoms with E-state index in [1.807, 2.05) is 31.2 Å². The van der Waals surface area contributed by atoms with E-state index in [0.29, 0.717) is 35.5 Å². The molecule has 1 saturated carbocycles. The smallest absolute Gasteiger partial charge is 0.232 e. The molecule has 2 aliphatic heterocycles. The summed E-state index contributed by atoms with van der Waals surface area (Å²) >= 11 is 0. The molecule has 0 amide bonds. The lowest BCUT2D eigenvalue weighted by Crippen LogP contribution is -2.41. The number of Topliss-reactive ketones (excluding diaryl/α,β-unsaturated/α-hetero) is 1. The topological polar surface area (TPSA) is 51.7 Å². The third-order valence-electron chi connectivity index (χ3n) is 6.01. The molecule has 5 rings (SSSR count). The molecule has 0 N–H and O–H groups in total. The Hall–Kier alpha value is -2.66. The van der Waals surface area contributed by atoms with Crippen LogP contribution in [0.15, 0.2) is 36.2 Å². The predicted molar refractivity (Wildman–Crippen MR) is 106 cm³/mol. The van der Waals surface area contributed by atoms with Crippen molar-refractivity contribution in [3.05, 3.63) is 58.6 Å². The highest BCUT2D eigenvalue weighted by Gasteiger charge is 2.36. The van der Waals surface area contributed by atoms with E-state index < -0.39 is 0 Å². The van der Waals surface area contributed by atoms with Crippen LogP contribution in [0.4, 0.5) is 0 Å². The third-order valence-corrected chi connectivity index (χ3v) is 6.01. The first-order chi connectivity index (χ1) is 13.7. The Balaban J connectivity index is 1.49. The summed E-state index contributed by atoms with van der Waals surface area (Å²) in [7, 11) is 0. The van der Waals surface area contributed by atoms with Crippen molar-refractivity contribution in [1.29, 1.82) is 0 Å². The lowest BCUT2D eigenvalue weighted by molar-refractivity contribution is 0.0393. The number of ketones is 1. The summed E-state index contributed by atoms with van der Waals surface area (Å²) in [6.07, 6.45) is 9.76. The van der Waals surface area contributed by atoms with Crippen LogP contribution in [0, 0.1) is 6.92 Å². The Kier molecular flexibility index (Phi) is 4.40. The van der Waals surface area contributed by atoms with E-state index in [-0.39, 0.29) is 5.78 Å². The number of hydrogen-bond acceptors (Lipinski definition) is 5. The van der Waals surface area contributed by atoms with E-state index in [1.54, 1.807) is 12.3 Å². The zero-order valence-corrected chi connectivity index (χ0v) is 16.1. The molecular weight excluding hydrogens is 352 g/mol. The second-order valence-electron chi connectivity index (χ2n) is 7.88. The average molecular weight is 376 g/mol. The maximum absolute atomic E-state index is 13.0. The summed E-state index contributed by atoms with van der Waals surface area (Å²) in [4.78, 5) is 19.7. The maximum Gasteiger partial charge on any atom is 0.232 e. The van der Waals surface area contributed by atoms with Crippen molar-refractivity contribution in [1.82, 2.24) is 9.88 Å². The summed E-state index contributed by atoms with van der Waals surface area (Å²) < 4.78 is 12.2. The molecule has 0 spiro atoms. The molecule has 1 aliphatic carbocycles. The van der Waals surface area contributed by atoms with Crippen LogP contribution >= 0.6 is 0 Å². The summed E-state index contributed by atoms with van der Waals surface area (Å²) in [5, 5.41) is 0. The van der Waals surface area contributed by atoms with Crippen molar-refractivity contribution < 1.29 is 14.3 Å². The highest BCUT2D eigenvalue weighted by molar-refractivity contribution is 6.15. The molecule has 1 fully saturated rings. The van der Waals surface area contributed by atoms with Gasteiger partial charge in [-0.15, -0.1) is 0 Å². The van der Waals surface area contributed by atoms with E-state index in [1.165, 1.54) is 32.1 Å². The fraction of sp³-hybridized carbons (Fsp3) is 0.391. The number of nitrogens with zero attached hydrogens (tertiary/aromatic N) is 2. The van der Waals surface area contributed by atoms with E-state index in [4.69, 9.17) is 9.47 Å². The number of carbonyl (C=O) groups is 1. The number of ether oxygens (including phenoxy) is 2. The van der Waals surface area contributed by atoms with Gasteiger partial charge in [0.15, 0.2) is 5.76 Å². The van der Waals surface area contributed by atoms with Gasteiger partial charge in [0.05, 0.1) is 16.8 Å². The van der Waals surface area contributed by atoms with Gasteiger partial charge in [-0.05, 0) is 43.5 Å². The molecule has 5 nitrogen and oxygen atoms in total. The monoisotopic (exact) mass is 376 g/mol. The number of fused-ring (bicyclic) bond motifs is 3. The zero-order valence-electron chi connectivity index (χ0n) is 16.1. The van der Waals surface area contributed by atoms with E-state index in [0.717, 1.165) is 23.4 Å². The van der Waals surface area contributed by atoms with Gasteiger partial charge in [-0.3, -0.25) is 14.7 Å². The number of benzene rings is 1. The quantitative estimate of drug-likeness (QED) is 0.723. The van der Waals surface area contributed by atoms with Crippen molar-refractivity contribution in [2.24, 2.45) is 0 Å². The van der Waals surface area contributed by atoms with Crippen molar-refractivity contribution >= 4 is 11.9 Å². The summed E-state index contributed by atoms with van der Waals surface area (Å²) in [6, 6.07) is 8.15. The molecule has 1 aromatic carbocycles. The Bertz CT molecular complexity index is 946. The van der Waals surface area contributed by atoms with Crippen LogP contribution in [0.5, 0.6) is 11.5 Å². The minimum Gasteiger partial charge on any atom is -0.478 e. The first-order valence-electron chi connectivity index (χ1n) is 10.1. The second-order valence-corrected chi connectivity index (χ2v) is 7.88. The average Bonchev–Trinajstić information content (AvgIpc) is 3.06. The van der Waals surface area contributed by atoms with Crippen LogP contribution in [0.3, 0.4) is 0 Å². The fourth-order valence-corrected chi connectivity index (χ4v) is 4.52. The maximum atomic E-state index is 13.0. The Morgan fingerprint density at radius 1 is 1.21 bits per heavy atom. The molecule has 0 radical (unpaired) electrons. The number of hydrogen-bond donors (Lipinski definition) is 0. The van der Waals surface area contributed by atoms with Gasteiger partial charge in [0.1, 0.15) is 18.2 Å². The van der Waals surface area contributed by atoms with Crippen molar-refractivity contribution in [3.63, 3.8) is 0 Å². The summed E-state index contributed by atoms with van der Waals surface area (Å²) in [5.41, 5.74) is 3.27. The Morgan fingerprint density at radius 3 is 2.86 bits per heavy atom. The highest BCUT2D eigenvalue weighted by Crippen LogP contribution is 2.44. The molecular formula is C23H24N2O3. The number of aryl methyl sites for hydroxylation is 1. The van der Waals surface area contributed by atoms with Crippen LogP contribution in [0.2, 0.25) is 0 Å². The minimum absolute atomic E-state index is 0.0734. The van der Waals surface area contributed by atoms with Crippen molar-refractivity contribution in [2.75, 3.05) is 6.73 Å². The number of allylic oxidation sites excluding steroid dienone is 1. The number of pyridine rings is 1.